The van der Waals surface area contributed by atoms with Gasteiger partial charge in [0.05, 0.1) is 23.6 Å². The highest BCUT2D eigenvalue weighted by molar-refractivity contribution is 8.00. The molecule has 0 radical (unpaired) electrons. The van der Waals surface area contributed by atoms with Crippen molar-refractivity contribution < 1.29 is 28.7 Å². The van der Waals surface area contributed by atoms with Gasteiger partial charge in [-0.2, -0.15) is 0 Å². The monoisotopic (exact) mass is 612 g/mol. The van der Waals surface area contributed by atoms with E-state index in [2.05, 4.69) is 10.2 Å². The number of carbonyl (C=O) groups is 2. The molecule has 1 aromatic heterocycles. The minimum Gasteiger partial charge on any atom is -0.507 e. The van der Waals surface area contributed by atoms with Crippen LogP contribution in [0.3, 0.4) is 0 Å². The minimum atomic E-state index is -1.23. The van der Waals surface area contributed by atoms with Gasteiger partial charge in [-0.25, -0.2) is 4.39 Å². The summed E-state index contributed by atoms with van der Waals surface area (Å²) in [6.45, 7) is 0. The zero-order valence-corrected chi connectivity index (χ0v) is 23.4. The molecule has 10 nitrogen and oxygen atoms in total. The number of carbonyl (C=O) groups excluding carboxylic acids is 2. The van der Waals surface area contributed by atoms with E-state index in [9.17, 15) is 29.2 Å². The summed E-state index contributed by atoms with van der Waals surface area (Å²) in [5.74, 6) is -3.06. The van der Waals surface area contributed by atoms with E-state index in [1.54, 1.807) is 6.07 Å². The van der Waals surface area contributed by atoms with E-state index < -0.39 is 34.2 Å². The van der Waals surface area contributed by atoms with Crippen molar-refractivity contribution in [1.29, 1.82) is 0 Å². The fraction of sp³-hybridized carbons (Fsp3) is 0.111. The molecule has 1 amide bonds. The Morgan fingerprint density at radius 3 is 2.56 bits per heavy atom. The Kier molecular flexibility index (Phi) is 8.01. The summed E-state index contributed by atoms with van der Waals surface area (Å²) in [5, 5.41) is 31.3. The number of aromatic nitrogens is 2. The Bertz CT molecular complexity index is 1710. The molecule has 1 aliphatic rings. The summed E-state index contributed by atoms with van der Waals surface area (Å²) in [7, 11) is 1.28. The molecule has 5 rings (SSSR count). The first-order chi connectivity index (χ1) is 19.7. The number of nitrogens with zero attached hydrogens (tertiary/aromatic N) is 4. The number of Topliss-reactive ketones (excluding diaryl/α,β-unsaturated/α-hetero) is 1. The molecule has 0 unspecified atom stereocenters. The predicted molar refractivity (Wildman–Crippen MR) is 152 cm³/mol. The van der Waals surface area contributed by atoms with Gasteiger partial charge in [-0.3, -0.25) is 24.6 Å². The van der Waals surface area contributed by atoms with Crippen LogP contribution in [0, 0.1) is 15.9 Å². The molecule has 14 heteroatoms. The van der Waals surface area contributed by atoms with E-state index >= 15 is 0 Å². The number of benzene rings is 3. The topological polar surface area (TPSA) is 136 Å². The number of hydrogen-bond donors (Lipinski definition) is 1. The quantitative estimate of drug-likeness (QED) is 0.0471. The predicted octanol–water partition coefficient (Wildman–Crippen LogP) is 6.17. The normalized spacial score (nSPS) is 16.3. The van der Waals surface area contributed by atoms with Gasteiger partial charge in [-0.05, 0) is 47.5 Å². The third-order valence-corrected chi connectivity index (χ3v) is 8.67. The minimum absolute atomic E-state index is 0.0667. The van der Waals surface area contributed by atoms with E-state index in [0.717, 1.165) is 27.9 Å². The zero-order valence-electron chi connectivity index (χ0n) is 21.0. The highest BCUT2D eigenvalue weighted by Crippen LogP contribution is 2.44. The van der Waals surface area contributed by atoms with Crippen molar-refractivity contribution in [1.82, 2.24) is 10.2 Å². The van der Waals surface area contributed by atoms with E-state index in [1.165, 1.54) is 55.3 Å². The Labute approximate surface area is 245 Å². The summed E-state index contributed by atoms with van der Waals surface area (Å²) in [4.78, 5) is 38.4. The van der Waals surface area contributed by atoms with Crippen molar-refractivity contribution in [3.63, 3.8) is 0 Å². The van der Waals surface area contributed by atoms with Gasteiger partial charge in [0.15, 0.2) is 15.9 Å². The summed E-state index contributed by atoms with van der Waals surface area (Å²) in [6.07, 6.45) is 0. The van der Waals surface area contributed by atoms with E-state index in [1.807, 2.05) is 18.2 Å². The van der Waals surface area contributed by atoms with Crippen LogP contribution in [0.4, 0.5) is 15.2 Å². The highest BCUT2D eigenvalue weighted by Gasteiger charge is 2.48. The number of aliphatic hydroxyl groups is 1. The number of rotatable bonds is 8. The van der Waals surface area contributed by atoms with Crippen LogP contribution >= 0.6 is 34.7 Å². The Morgan fingerprint density at radius 2 is 1.90 bits per heavy atom. The number of ketones is 1. The number of methoxy groups -OCH3 is 1. The lowest BCUT2D eigenvalue weighted by Crippen LogP contribution is -2.29. The molecular formula is C27H18ClFN4O6S2. The molecule has 208 valence electrons. The van der Waals surface area contributed by atoms with Crippen molar-refractivity contribution in [3.8, 4) is 5.75 Å². The molecule has 0 aliphatic carbocycles. The molecule has 1 fully saturated rings. The first kappa shape index (κ1) is 28.2. The Hall–Kier alpha value is -4.33. The third-order valence-electron chi connectivity index (χ3n) is 6.20. The Balaban J connectivity index is 1.57. The van der Waals surface area contributed by atoms with Gasteiger partial charge >= 0.3 is 5.91 Å². The molecule has 3 aromatic carbocycles. The molecule has 0 saturated carbocycles. The van der Waals surface area contributed by atoms with Gasteiger partial charge in [0.2, 0.25) is 5.13 Å². The van der Waals surface area contributed by atoms with Gasteiger partial charge in [-0.15, -0.1) is 10.2 Å². The SMILES string of the molecule is COc1ccc(C(O)=C2C(=O)C(=O)N(c3nnc(SCc4ccccc4Cl)s3)[C@H]2c2ccc([N+](=O)[O-])cc2)cc1F. The van der Waals surface area contributed by atoms with Crippen LogP contribution in [0.5, 0.6) is 5.75 Å². The lowest BCUT2D eigenvalue weighted by Gasteiger charge is -2.22. The number of non-ortho nitro benzene ring substituents is 1. The number of halogens is 2. The fourth-order valence-electron chi connectivity index (χ4n) is 4.21. The van der Waals surface area contributed by atoms with Crippen LogP contribution in [0.25, 0.3) is 5.76 Å². The Morgan fingerprint density at radius 1 is 1.17 bits per heavy atom. The van der Waals surface area contributed by atoms with Gasteiger partial charge in [-0.1, -0.05) is 52.9 Å². The molecule has 1 aliphatic heterocycles. The molecule has 1 N–H and O–H groups in total. The summed E-state index contributed by atoms with van der Waals surface area (Å²) < 4.78 is 19.9. The molecule has 0 spiro atoms. The second kappa shape index (κ2) is 11.6. The number of thioether (sulfide) groups is 1. The number of nitro benzene ring substituents is 1. The molecule has 4 aromatic rings. The second-order valence-electron chi connectivity index (χ2n) is 8.60. The van der Waals surface area contributed by atoms with Crippen LogP contribution in [0.1, 0.15) is 22.7 Å². The number of nitro groups is 1. The molecule has 2 heterocycles. The number of hydrogen-bond acceptors (Lipinski definition) is 10. The van der Waals surface area contributed by atoms with Crippen molar-refractivity contribution in [2.45, 2.75) is 16.1 Å². The number of anilines is 1. The molecule has 0 bridgehead atoms. The zero-order chi connectivity index (χ0) is 29.3. The average molecular weight is 613 g/mol. The molecule has 1 saturated heterocycles. The molecule has 41 heavy (non-hydrogen) atoms. The van der Waals surface area contributed by atoms with Crippen molar-refractivity contribution in [2.75, 3.05) is 12.0 Å². The maximum atomic E-state index is 14.5. The summed E-state index contributed by atoms with van der Waals surface area (Å²) >= 11 is 8.61. The van der Waals surface area contributed by atoms with Crippen LogP contribution in [-0.2, 0) is 15.3 Å². The van der Waals surface area contributed by atoms with Crippen molar-refractivity contribution >= 4 is 63.0 Å². The van der Waals surface area contributed by atoms with Crippen molar-refractivity contribution in [2.24, 2.45) is 0 Å². The third kappa shape index (κ3) is 5.51. The number of aliphatic hydroxyl groups excluding tert-OH is 1. The number of amides is 1. The molecule has 1 atom stereocenters. The van der Waals surface area contributed by atoms with Crippen molar-refractivity contribution in [3.05, 3.63) is 110 Å². The highest BCUT2D eigenvalue weighted by atomic mass is 35.5. The van der Waals surface area contributed by atoms with Crippen LogP contribution in [0.2, 0.25) is 5.02 Å². The van der Waals surface area contributed by atoms with Gasteiger partial charge < -0.3 is 9.84 Å². The first-order valence-electron chi connectivity index (χ1n) is 11.8. The largest absolute Gasteiger partial charge is 0.507 e. The van der Waals surface area contributed by atoms with Crippen LogP contribution < -0.4 is 9.64 Å². The lowest BCUT2D eigenvalue weighted by molar-refractivity contribution is -0.384. The lowest BCUT2D eigenvalue weighted by atomic mass is 9.95. The average Bonchev–Trinajstić information content (AvgIpc) is 3.54. The van der Waals surface area contributed by atoms with E-state index in [4.69, 9.17) is 16.3 Å². The second-order valence-corrected chi connectivity index (χ2v) is 11.2. The van der Waals surface area contributed by atoms with Crippen LogP contribution in [-0.4, -0.2) is 39.0 Å². The van der Waals surface area contributed by atoms with Gasteiger partial charge in [0, 0.05) is 28.5 Å². The van der Waals surface area contributed by atoms with E-state index in [-0.39, 0.29) is 33.3 Å². The number of ether oxygens (including phenoxy) is 1. The van der Waals surface area contributed by atoms with E-state index in [0.29, 0.717) is 15.1 Å². The maximum absolute atomic E-state index is 14.5. The summed E-state index contributed by atoms with van der Waals surface area (Å²) in [5.41, 5.74) is 0.534. The standard InChI is InChI=1S/C27H18ClFN4O6S2/c1-39-20-11-8-15(12-19(20)29)23(34)21-22(14-6-9-17(10-7-14)33(37)38)32(25(36)24(21)35)26-30-31-27(41-26)40-13-16-4-2-3-5-18(16)28/h2-12,22,34H,13H2,1H3/t22-/m0/s1. The molecular weight excluding hydrogens is 595 g/mol. The smallest absolute Gasteiger partial charge is 0.301 e. The van der Waals surface area contributed by atoms with Gasteiger partial charge in [0.25, 0.3) is 11.5 Å². The summed E-state index contributed by atoms with van der Waals surface area (Å²) in [6, 6.07) is 14.8. The first-order valence-corrected chi connectivity index (χ1v) is 14.0. The van der Waals surface area contributed by atoms with Crippen LogP contribution in [0.15, 0.2) is 76.6 Å². The maximum Gasteiger partial charge on any atom is 0.301 e. The fourth-order valence-corrected chi connectivity index (χ4v) is 6.36. The van der Waals surface area contributed by atoms with Gasteiger partial charge in [0.1, 0.15) is 5.76 Å².